The normalized spacial score (nSPS) is 13.2. The maximum absolute atomic E-state index is 13.6. The van der Waals surface area contributed by atoms with Gasteiger partial charge >= 0.3 is 0 Å². The summed E-state index contributed by atoms with van der Waals surface area (Å²) in [5.41, 5.74) is 3.90. The van der Waals surface area contributed by atoms with E-state index >= 15 is 0 Å². The van der Waals surface area contributed by atoms with E-state index in [9.17, 15) is 14.4 Å². The smallest absolute Gasteiger partial charge is 0.262 e. The van der Waals surface area contributed by atoms with E-state index in [4.69, 9.17) is 4.98 Å². The van der Waals surface area contributed by atoms with Gasteiger partial charge in [0.25, 0.3) is 11.5 Å². The molecule has 1 aromatic heterocycles. The Morgan fingerprint density at radius 2 is 1.68 bits per heavy atom. The number of allylic oxidation sites excluding steroid dienone is 1. The first-order valence-corrected chi connectivity index (χ1v) is 14.8. The van der Waals surface area contributed by atoms with Crippen LogP contribution in [0.4, 0.5) is 0 Å². The largest absolute Gasteiger partial charge is 0.352 e. The summed E-state index contributed by atoms with van der Waals surface area (Å²) in [6.07, 6.45) is 8.51. The molecule has 0 radical (unpaired) electrons. The van der Waals surface area contributed by atoms with E-state index in [-0.39, 0.29) is 23.0 Å². The molecule has 0 unspecified atom stereocenters. The molecule has 1 N–H and O–H groups in total. The van der Waals surface area contributed by atoms with Gasteiger partial charge in [-0.15, -0.1) is 0 Å². The number of benzene rings is 3. The van der Waals surface area contributed by atoms with E-state index in [1.807, 2.05) is 48.5 Å². The Bertz CT molecular complexity index is 1580. The summed E-state index contributed by atoms with van der Waals surface area (Å²) in [5, 5.41) is 3.93. The summed E-state index contributed by atoms with van der Waals surface area (Å²) in [7, 11) is 0. The van der Waals surface area contributed by atoms with Gasteiger partial charge in [0.1, 0.15) is 0 Å². The third kappa shape index (κ3) is 6.96. The number of hydrogen-bond donors (Lipinski definition) is 1. The number of amides is 1. The number of aromatic nitrogens is 2. The van der Waals surface area contributed by atoms with Crippen molar-refractivity contribution in [2.24, 2.45) is 0 Å². The average molecular weight is 552 g/mol. The highest BCUT2D eigenvalue weighted by Gasteiger charge is 2.16. The first-order valence-electron chi connectivity index (χ1n) is 13.8. The molecule has 0 bridgehead atoms. The fourth-order valence-electron chi connectivity index (χ4n) is 4.94. The van der Waals surface area contributed by atoms with Crippen molar-refractivity contribution >= 4 is 34.4 Å². The van der Waals surface area contributed by atoms with Crippen molar-refractivity contribution in [1.29, 1.82) is 0 Å². The summed E-state index contributed by atoms with van der Waals surface area (Å²) in [5.74, 6) is -0.0545. The second-order valence-corrected chi connectivity index (χ2v) is 11.0. The Labute approximate surface area is 238 Å². The molecule has 204 valence electrons. The summed E-state index contributed by atoms with van der Waals surface area (Å²) in [6, 6.07) is 24.1. The van der Waals surface area contributed by atoms with Crippen LogP contribution in [0.2, 0.25) is 0 Å². The Morgan fingerprint density at radius 1 is 0.900 bits per heavy atom. The number of carbonyl (C=O) groups is 2. The van der Waals surface area contributed by atoms with E-state index in [1.54, 1.807) is 34.9 Å². The quantitative estimate of drug-likeness (QED) is 0.103. The number of nitrogens with one attached hydrogen (secondary N) is 1. The van der Waals surface area contributed by atoms with Crippen LogP contribution in [0.3, 0.4) is 0 Å². The maximum atomic E-state index is 13.6. The summed E-state index contributed by atoms with van der Waals surface area (Å²) in [4.78, 5) is 44.2. The van der Waals surface area contributed by atoms with Gasteiger partial charge in [0.05, 0.1) is 16.7 Å². The SMILES string of the molecule is O=C(CSc1nc2cc(C(=O)NCCC3=CCCCC3)ccc2c(=O)n1CCc1ccccc1)c1ccccc1. The lowest BCUT2D eigenvalue weighted by atomic mass is 9.97. The van der Waals surface area contributed by atoms with E-state index in [2.05, 4.69) is 11.4 Å². The standard InChI is InChI=1S/C33H33N3O3S/c37-30(26-14-8-3-9-15-26)23-40-33-35-29-22-27(31(38)34-20-18-24-10-4-1-5-11-24)16-17-28(29)32(39)36(33)21-19-25-12-6-2-7-13-25/h2-3,6-10,12-17,22H,1,4-5,11,18-21,23H2,(H,34,38). The molecular weight excluding hydrogens is 518 g/mol. The molecule has 0 saturated carbocycles. The van der Waals surface area contributed by atoms with Crippen LogP contribution in [0.15, 0.2) is 100 Å². The molecule has 1 aliphatic carbocycles. The second-order valence-electron chi connectivity index (χ2n) is 10.0. The van der Waals surface area contributed by atoms with Gasteiger partial charge in [0.15, 0.2) is 10.9 Å². The fourth-order valence-corrected chi connectivity index (χ4v) is 5.86. The third-order valence-electron chi connectivity index (χ3n) is 7.19. The molecule has 0 atom stereocenters. The van der Waals surface area contributed by atoms with Gasteiger partial charge in [-0.2, -0.15) is 0 Å². The van der Waals surface area contributed by atoms with Gasteiger partial charge in [0.2, 0.25) is 0 Å². The number of Topliss-reactive ketones (excluding diaryl/α,β-unsaturated/α-hetero) is 1. The lowest BCUT2D eigenvalue weighted by Crippen LogP contribution is -2.26. The van der Waals surface area contributed by atoms with E-state index in [1.165, 1.54) is 30.2 Å². The third-order valence-corrected chi connectivity index (χ3v) is 8.17. The van der Waals surface area contributed by atoms with Crippen molar-refractivity contribution in [3.05, 3.63) is 118 Å². The number of hydrogen-bond acceptors (Lipinski definition) is 5. The molecule has 0 fully saturated rings. The van der Waals surface area contributed by atoms with Crippen LogP contribution in [0, 0.1) is 0 Å². The summed E-state index contributed by atoms with van der Waals surface area (Å²) < 4.78 is 1.65. The highest BCUT2D eigenvalue weighted by Crippen LogP contribution is 2.22. The number of aryl methyl sites for hydroxylation is 1. The minimum Gasteiger partial charge on any atom is -0.352 e. The molecule has 3 aromatic carbocycles. The van der Waals surface area contributed by atoms with Crippen LogP contribution in [-0.2, 0) is 13.0 Å². The number of fused-ring (bicyclic) bond motifs is 1. The van der Waals surface area contributed by atoms with Crippen LogP contribution in [0.25, 0.3) is 10.9 Å². The molecule has 1 aliphatic rings. The predicted molar refractivity (Wildman–Crippen MR) is 161 cm³/mol. The molecule has 0 spiro atoms. The highest BCUT2D eigenvalue weighted by molar-refractivity contribution is 7.99. The first kappa shape index (κ1) is 27.6. The van der Waals surface area contributed by atoms with Gasteiger partial charge in [-0.25, -0.2) is 4.98 Å². The average Bonchev–Trinajstić information content (AvgIpc) is 3.00. The van der Waals surface area contributed by atoms with Crippen LogP contribution in [-0.4, -0.2) is 33.5 Å². The Hall–Kier alpha value is -3.97. The molecule has 40 heavy (non-hydrogen) atoms. The van der Waals surface area contributed by atoms with Crippen molar-refractivity contribution in [3.63, 3.8) is 0 Å². The Balaban J connectivity index is 1.38. The number of nitrogens with zero attached hydrogens (tertiary/aromatic N) is 2. The molecule has 4 aromatic rings. The van der Waals surface area contributed by atoms with Gasteiger partial charge in [-0.1, -0.05) is 84.1 Å². The zero-order valence-corrected chi connectivity index (χ0v) is 23.3. The molecular formula is C33H33N3O3S. The first-order chi connectivity index (χ1) is 19.6. The second kappa shape index (κ2) is 13.4. The Morgan fingerprint density at radius 3 is 2.42 bits per heavy atom. The zero-order valence-electron chi connectivity index (χ0n) is 22.5. The van der Waals surface area contributed by atoms with Gasteiger partial charge < -0.3 is 5.32 Å². The molecule has 1 amide bonds. The number of rotatable bonds is 11. The van der Waals surface area contributed by atoms with E-state index in [0.29, 0.717) is 46.7 Å². The topological polar surface area (TPSA) is 81.1 Å². The molecule has 6 nitrogen and oxygen atoms in total. The molecule has 0 aliphatic heterocycles. The monoisotopic (exact) mass is 551 g/mol. The van der Waals surface area contributed by atoms with Crippen molar-refractivity contribution in [1.82, 2.24) is 14.9 Å². The zero-order chi connectivity index (χ0) is 27.7. The van der Waals surface area contributed by atoms with Crippen molar-refractivity contribution in [3.8, 4) is 0 Å². The highest BCUT2D eigenvalue weighted by atomic mass is 32.2. The minimum atomic E-state index is -0.179. The number of ketones is 1. The van der Waals surface area contributed by atoms with Gasteiger partial charge in [-0.3, -0.25) is 19.0 Å². The van der Waals surface area contributed by atoms with Crippen molar-refractivity contribution in [2.45, 2.75) is 50.2 Å². The van der Waals surface area contributed by atoms with Gasteiger partial charge in [-0.05, 0) is 62.3 Å². The molecule has 5 rings (SSSR count). The van der Waals surface area contributed by atoms with Crippen LogP contribution >= 0.6 is 11.8 Å². The molecule has 7 heteroatoms. The predicted octanol–water partition coefficient (Wildman–Crippen LogP) is 6.23. The van der Waals surface area contributed by atoms with Gasteiger partial charge in [0, 0.05) is 24.2 Å². The maximum Gasteiger partial charge on any atom is 0.262 e. The van der Waals surface area contributed by atoms with Crippen LogP contribution in [0.5, 0.6) is 0 Å². The van der Waals surface area contributed by atoms with Crippen molar-refractivity contribution in [2.75, 3.05) is 12.3 Å². The summed E-state index contributed by atoms with van der Waals surface area (Å²) in [6.45, 7) is 1.02. The lowest BCUT2D eigenvalue weighted by molar-refractivity contribution is 0.0953. The number of carbonyl (C=O) groups excluding carboxylic acids is 2. The lowest BCUT2D eigenvalue weighted by Gasteiger charge is -2.14. The molecule has 0 saturated heterocycles. The van der Waals surface area contributed by atoms with Crippen LogP contribution < -0.4 is 10.9 Å². The molecule has 1 heterocycles. The fraction of sp³-hybridized carbons (Fsp3) is 0.273. The Kier molecular flexibility index (Phi) is 9.24. The minimum absolute atomic E-state index is 0.0317. The summed E-state index contributed by atoms with van der Waals surface area (Å²) >= 11 is 1.25. The van der Waals surface area contributed by atoms with Crippen molar-refractivity contribution < 1.29 is 9.59 Å². The van der Waals surface area contributed by atoms with E-state index < -0.39 is 0 Å². The van der Waals surface area contributed by atoms with E-state index in [0.717, 1.165) is 24.8 Å². The number of thioether (sulfide) groups is 1. The van der Waals surface area contributed by atoms with Crippen LogP contribution in [0.1, 0.15) is 58.4 Å².